The summed E-state index contributed by atoms with van der Waals surface area (Å²) in [5, 5.41) is 4.67. The molecule has 4 N–H and O–H groups in total. The van der Waals surface area contributed by atoms with E-state index in [-0.39, 0.29) is 0 Å². The molecule has 1 aliphatic rings. The molecule has 2 aromatic rings. The molecular formula is C15H23N5. The average molecular weight is 273 g/mol. The van der Waals surface area contributed by atoms with Crippen LogP contribution in [0.4, 0.5) is 5.82 Å². The molecule has 2 heterocycles. The van der Waals surface area contributed by atoms with Crippen LogP contribution >= 0.6 is 0 Å². The summed E-state index contributed by atoms with van der Waals surface area (Å²) in [6.45, 7) is 5.01. The van der Waals surface area contributed by atoms with Crippen LogP contribution in [0.5, 0.6) is 0 Å². The van der Waals surface area contributed by atoms with E-state index in [9.17, 15) is 0 Å². The zero-order valence-corrected chi connectivity index (χ0v) is 12.2. The Morgan fingerprint density at radius 3 is 2.85 bits per heavy atom. The summed E-state index contributed by atoms with van der Waals surface area (Å²) in [6, 6.07) is 2.52. The molecule has 1 saturated carbocycles. The standard InChI is InChI=1S/C15H23N5/c1-10-18-13-12(5-8-17-13)14(19-10)20-11-3-6-15(2,9-16)7-4-11/h5,8,11H,3-4,6-7,9,16H2,1-2H3,(H2,17,18,19,20). The van der Waals surface area contributed by atoms with Crippen molar-refractivity contribution in [2.75, 3.05) is 11.9 Å². The molecular weight excluding hydrogens is 250 g/mol. The van der Waals surface area contributed by atoms with E-state index in [2.05, 4.69) is 27.2 Å². The van der Waals surface area contributed by atoms with Gasteiger partial charge < -0.3 is 16.0 Å². The van der Waals surface area contributed by atoms with Crippen molar-refractivity contribution in [1.29, 1.82) is 0 Å². The Morgan fingerprint density at radius 1 is 1.40 bits per heavy atom. The van der Waals surface area contributed by atoms with Crippen LogP contribution in [0, 0.1) is 12.3 Å². The number of anilines is 1. The van der Waals surface area contributed by atoms with Gasteiger partial charge in [0.1, 0.15) is 17.3 Å². The van der Waals surface area contributed by atoms with Crippen molar-refractivity contribution in [2.45, 2.75) is 45.6 Å². The van der Waals surface area contributed by atoms with Gasteiger partial charge >= 0.3 is 0 Å². The first kappa shape index (κ1) is 13.4. The molecule has 0 atom stereocenters. The lowest BCUT2D eigenvalue weighted by Gasteiger charge is -2.36. The summed E-state index contributed by atoms with van der Waals surface area (Å²) in [5.74, 6) is 1.75. The molecule has 0 aromatic carbocycles. The van der Waals surface area contributed by atoms with Crippen LogP contribution in [-0.4, -0.2) is 27.5 Å². The van der Waals surface area contributed by atoms with Gasteiger partial charge in [0.15, 0.2) is 0 Å². The molecule has 1 fully saturated rings. The summed E-state index contributed by atoms with van der Waals surface area (Å²) < 4.78 is 0. The van der Waals surface area contributed by atoms with Gasteiger partial charge in [-0.05, 0) is 50.6 Å². The minimum absolute atomic E-state index is 0.323. The largest absolute Gasteiger partial charge is 0.367 e. The lowest BCUT2D eigenvalue weighted by atomic mass is 9.74. The van der Waals surface area contributed by atoms with Gasteiger partial charge in [-0.2, -0.15) is 0 Å². The number of aromatic nitrogens is 3. The van der Waals surface area contributed by atoms with Gasteiger partial charge in [0, 0.05) is 12.2 Å². The van der Waals surface area contributed by atoms with Crippen LogP contribution in [0.15, 0.2) is 12.3 Å². The quantitative estimate of drug-likeness (QED) is 0.803. The van der Waals surface area contributed by atoms with Gasteiger partial charge in [-0.3, -0.25) is 0 Å². The van der Waals surface area contributed by atoms with E-state index in [0.717, 1.165) is 42.1 Å². The third kappa shape index (κ3) is 2.50. The summed E-state index contributed by atoms with van der Waals surface area (Å²) in [7, 11) is 0. The van der Waals surface area contributed by atoms with E-state index in [1.54, 1.807) is 0 Å². The van der Waals surface area contributed by atoms with Crippen LogP contribution in [-0.2, 0) is 0 Å². The molecule has 0 aliphatic heterocycles. The van der Waals surface area contributed by atoms with Crippen LogP contribution in [0.25, 0.3) is 11.0 Å². The maximum absolute atomic E-state index is 5.87. The SMILES string of the molecule is Cc1nc(NC2CCC(C)(CN)CC2)c2cc[nH]c2n1. The number of hydrogen-bond donors (Lipinski definition) is 3. The van der Waals surface area contributed by atoms with Crippen molar-refractivity contribution < 1.29 is 0 Å². The van der Waals surface area contributed by atoms with Crippen molar-refractivity contribution in [3.63, 3.8) is 0 Å². The molecule has 0 bridgehead atoms. The van der Waals surface area contributed by atoms with Gasteiger partial charge in [0.25, 0.3) is 0 Å². The Labute approximate surface area is 119 Å². The van der Waals surface area contributed by atoms with Crippen molar-refractivity contribution in [2.24, 2.45) is 11.1 Å². The summed E-state index contributed by atoms with van der Waals surface area (Å²) in [5.41, 5.74) is 7.10. The Morgan fingerprint density at radius 2 is 2.15 bits per heavy atom. The first-order valence-corrected chi connectivity index (χ1v) is 7.38. The molecule has 1 aliphatic carbocycles. The Bertz CT molecular complexity index is 595. The Hall–Kier alpha value is -1.62. The molecule has 0 saturated heterocycles. The molecule has 3 rings (SSSR count). The lowest BCUT2D eigenvalue weighted by Crippen LogP contribution is -2.36. The molecule has 2 aromatic heterocycles. The monoisotopic (exact) mass is 273 g/mol. The molecule has 0 amide bonds. The highest BCUT2D eigenvalue weighted by molar-refractivity contribution is 5.87. The number of fused-ring (bicyclic) bond motifs is 1. The lowest BCUT2D eigenvalue weighted by molar-refractivity contribution is 0.215. The molecule has 5 nitrogen and oxygen atoms in total. The number of aromatic amines is 1. The summed E-state index contributed by atoms with van der Waals surface area (Å²) in [4.78, 5) is 12.1. The zero-order chi connectivity index (χ0) is 14.2. The highest BCUT2D eigenvalue weighted by Crippen LogP contribution is 2.36. The molecule has 0 unspecified atom stereocenters. The van der Waals surface area contributed by atoms with E-state index in [1.807, 2.05) is 19.2 Å². The van der Waals surface area contributed by atoms with E-state index >= 15 is 0 Å². The first-order valence-electron chi connectivity index (χ1n) is 7.38. The second kappa shape index (κ2) is 5.05. The predicted octanol–water partition coefficient (Wildman–Crippen LogP) is 2.59. The average Bonchev–Trinajstić information content (AvgIpc) is 2.90. The second-order valence-corrected chi connectivity index (χ2v) is 6.29. The maximum atomic E-state index is 5.87. The molecule has 108 valence electrons. The Kier molecular flexibility index (Phi) is 3.38. The van der Waals surface area contributed by atoms with Crippen LogP contribution in [0.3, 0.4) is 0 Å². The second-order valence-electron chi connectivity index (χ2n) is 6.29. The van der Waals surface area contributed by atoms with Crippen molar-refractivity contribution in [1.82, 2.24) is 15.0 Å². The van der Waals surface area contributed by atoms with Gasteiger partial charge in [0.05, 0.1) is 5.39 Å². The minimum Gasteiger partial charge on any atom is -0.367 e. The number of hydrogen-bond acceptors (Lipinski definition) is 4. The Balaban J connectivity index is 1.76. The van der Waals surface area contributed by atoms with Gasteiger partial charge in [-0.25, -0.2) is 9.97 Å². The van der Waals surface area contributed by atoms with Crippen molar-refractivity contribution in [3.05, 3.63) is 18.1 Å². The van der Waals surface area contributed by atoms with E-state index < -0.39 is 0 Å². The summed E-state index contributed by atoms with van der Waals surface area (Å²) >= 11 is 0. The van der Waals surface area contributed by atoms with Crippen molar-refractivity contribution in [3.8, 4) is 0 Å². The number of rotatable bonds is 3. The fourth-order valence-corrected chi connectivity index (χ4v) is 3.02. The van der Waals surface area contributed by atoms with Gasteiger partial charge in [0.2, 0.25) is 0 Å². The fourth-order valence-electron chi connectivity index (χ4n) is 3.02. The zero-order valence-electron chi connectivity index (χ0n) is 12.2. The van der Waals surface area contributed by atoms with Gasteiger partial charge in [-0.15, -0.1) is 0 Å². The van der Waals surface area contributed by atoms with E-state index in [1.165, 1.54) is 12.8 Å². The number of nitrogens with zero attached hydrogens (tertiary/aromatic N) is 2. The number of H-pyrrole nitrogens is 1. The topological polar surface area (TPSA) is 79.6 Å². The molecule has 20 heavy (non-hydrogen) atoms. The normalized spacial score (nSPS) is 26.9. The van der Waals surface area contributed by atoms with E-state index in [0.29, 0.717) is 11.5 Å². The first-order chi connectivity index (χ1) is 9.59. The minimum atomic E-state index is 0.323. The highest BCUT2D eigenvalue weighted by atomic mass is 15.1. The van der Waals surface area contributed by atoms with Crippen molar-refractivity contribution >= 4 is 16.9 Å². The molecule has 0 spiro atoms. The third-order valence-corrected chi connectivity index (χ3v) is 4.55. The smallest absolute Gasteiger partial charge is 0.143 e. The third-order valence-electron chi connectivity index (χ3n) is 4.55. The molecule has 5 heteroatoms. The van der Waals surface area contributed by atoms with E-state index in [4.69, 9.17) is 5.73 Å². The number of nitrogens with one attached hydrogen (secondary N) is 2. The molecule has 0 radical (unpaired) electrons. The number of aryl methyl sites for hydroxylation is 1. The van der Waals surface area contributed by atoms with Crippen LogP contribution < -0.4 is 11.1 Å². The summed E-state index contributed by atoms with van der Waals surface area (Å²) in [6.07, 6.45) is 6.59. The van der Waals surface area contributed by atoms with Crippen LogP contribution in [0.1, 0.15) is 38.4 Å². The predicted molar refractivity (Wildman–Crippen MR) is 81.7 cm³/mol. The van der Waals surface area contributed by atoms with Gasteiger partial charge in [-0.1, -0.05) is 6.92 Å². The number of nitrogens with two attached hydrogens (primary N) is 1. The fraction of sp³-hybridized carbons (Fsp3) is 0.600. The van der Waals surface area contributed by atoms with Crippen LogP contribution in [0.2, 0.25) is 0 Å². The highest BCUT2D eigenvalue weighted by Gasteiger charge is 2.30. The maximum Gasteiger partial charge on any atom is 0.143 e.